The molecule has 1 heterocycles. The van der Waals surface area contributed by atoms with E-state index in [1.807, 2.05) is 0 Å². The fourth-order valence-electron chi connectivity index (χ4n) is 1.43. The molecule has 0 bridgehead atoms. The molecule has 9 heteroatoms. The number of aromatic nitrogens is 1. The van der Waals surface area contributed by atoms with E-state index in [-0.39, 0.29) is 0 Å². The van der Waals surface area contributed by atoms with Crippen molar-refractivity contribution in [2.45, 2.75) is 18.4 Å². The molecular weight excluding hydrogens is 269 g/mol. The summed E-state index contributed by atoms with van der Waals surface area (Å²) < 4.78 is 87.2. The highest BCUT2D eigenvalue weighted by molar-refractivity contribution is 5.19. The summed E-state index contributed by atoms with van der Waals surface area (Å²) in [7, 11) is 0. The number of hydrogen-bond acceptors (Lipinski definition) is 2. The summed E-state index contributed by atoms with van der Waals surface area (Å²) in [5.41, 5.74) is 4.02. The van der Waals surface area contributed by atoms with Gasteiger partial charge in [0.05, 0.1) is 12.2 Å². The molecule has 0 spiro atoms. The second-order valence-corrected chi connectivity index (χ2v) is 3.48. The second kappa shape index (κ2) is 4.71. The van der Waals surface area contributed by atoms with Gasteiger partial charge in [0.2, 0.25) is 0 Å². The van der Waals surface area contributed by atoms with Crippen LogP contribution < -0.4 is 5.73 Å². The lowest BCUT2D eigenvalue weighted by molar-refractivity contribution is -0.290. The minimum atomic E-state index is -5.62. The van der Waals surface area contributed by atoms with Crippen molar-refractivity contribution < 1.29 is 30.7 Å². The molecule has 102 valence electrons. The third-order valence-corrected chi connectivity index (χ3v) is 2.23. The molecule has 1 unspecified atom stereocenters. The maximum absolute atomic E-state index is 13.1. The Kier molecular flexibility index (Phi) is 3.84. The Morgan fingerprint density at radius 2 is 1.56 bits per heavy atom. The summed E-state index contributed by atoms with van der Waals surface area (Å²) in [4.78, 5) is 3.22. The molecule has 0 amide bonds. The van der Waals surface area contributed by atoms with Crippen molar-refractivity contribution in [2.75, 3.05) is 0 Å². The van der Waals surface area contributed by atoms with Gasteiger partial charge < -0.3 is 5.73 Å². The zero-order valence-corrected chi connectivity index (χ0v) is 8.56. The van der Waals surface area contributed by atoms with Crippen LogP contribution in [0.5, 0.6) is 0 Å². The molecule has 0 saturated heterocycles. The SMILES string of the molecule is NC(c1ccncc1F)C(C(F)(F)F)C(F)(F)F. The predicted octanol–water partition coefficient (Wildman–Crippen LogP) is 2.96. The Morgan fingerprint density at radius 1 is 1.06 bits per heavy atom. The van der Waals surface area contributed by atoms with Crippen molar-refractivity contribution in [1.29, 1.82) is 0 Å². The zero-order chi connectivity index (χ0) is 14.1. The maximum atomic E-state index is 13.1. The van der Waals surface area contributed by atoms with Crippen LogP contribution in [0.25, 0.3) is 0 Å². The number of halogens is 7. The first-order chi connectivity index (χ1) is 8.05. The molecule has 0 aliphatic heterocycles. The lowest BCUT2D eigenvalue weighted by Crippen LogP contribution is -2.44. The van der Waals surface area contributed by atoms with E-state index in [1.165, 1.54) is 0 Å². The highest BCUT2D eigenvalue weighted by Crippen LogP contribution is 2.45. The van der Waals surface area contributed by atoms with E-state index >= 15 is 0 Å². The van der Waals surface area contributed by atoms with Gasteiger partial charge in [0.25, 0.3) is 0 Å². The Hall–Kier alpha value is -1.38. The van der Waals surface area contributed by atoms with Crippen LogP contribution in [0.15, 0.2) is 18.5 Å². The van der Waals surface area contributed by atoms with Crippen LogP contribution in [0.4, 0.5) is 30.7 Å². The second-order valence-electron chi connectivity index (χ2n) is 3.48. The molecule has 0 fully saturated rings. The minimum Gasteiger partial charge on any atom is -0.323 e. The molecule has 0 saturated carbocycles. The monoisotopic (exact) mass is 276 g/mol. The summed E-state index contributed by atoms with van der Waals surface area (Å²) in [5, 5.41) is 0. The van der Waals surface area contributed by atoms with E-state index in [0.717, 1.165) is 6.20 Å². The predicted molar refractivity (Wildman–Crippen MR) is 46.7 cm³/mol. The van der Waals surface area contributed by atoms with E-state index in [9.17, 15) is 30.7 Å². The average Bonchev–Trinajstić information content (AvgIpc) is 2.13. The molecule has 1 aromatic rings. The van der Waals surface area contributed by atoms with E-state index < -0.39 is 35.7 Å². The fraction of sp³-hybridized carbons (Fsp3) is 0.444. The summed E-state index contributed by atoms with van der Waals surface area (Å²) in [6.45, 7) is 0. The Bertz CT molecular complexity index is 398. The first kappa shape index (κ1) is 14.7. The van der Waals surface area contributed by atoms with Gasteiger partial charge in [-0.15, -0.1) is 0 Å². The van der Waals surface area contributed by atoms with Crippen molar-refractivity contribution in [3.8, 4) is 0 Å². The topological polar surface area (TPSA) is 38.9 Å². The quantitative estimate of drug-likeness (QED) is 0.843. The van der Waals surface area contributed by atoms with Crippen LogP contribution in [-0.2, 0) is 0 Å². The summed E-state index contributed by atoms with van der Waals surface area (Å²) in [5.74, 6) is -5.15. The molecule has 2 N–H and O–H groups in total. The minimum absolute atomic E-state index is 0.499. The number of alkyl halides is 6. The van der Waals surface area contributed by atoms with E-state index in [0.29, 0.717) is 12.3 Å². The molecule has 0 aliphatic rings. The van der Waals surface area contributed by atoms with Crippen LogP contribution in [0.1, 0.15) is 11.6 Å². The maximum Gasteiger partial charge on any atom is 0.402 e. The van der Waals surface area contributed by atoms with Gasteiger partial charge in [0, 0.05) is 11.8 Å². The Labute approximate surface area is 96.6 Å². The van der Waals surface area contributed by atoms with E-state index in [2.05, 4.69) is 4.98 Å². The number of pyridine rings is 1. The first-order valence-electron chi connectivity index (χ1n) is 4.53. The van der Waals surface area contributed by atoms with Gasteiger partial charge in [-0.3, -0.25) is 4.98 Å². The van der Waals surface area contributed by atoms with E-state index in [4.69, 9.17) is 5.73 Å². The molecule has 1 aromatic heterocycles. The molecule has 0 aromatic carbocycles. The number of nitrogens with zero attached hydrogens (tertiary/aromatic N) is 1. The highest BCUT2D eigenvalue weighted by atomic mass is 19.4. The number of rotatable bonds is 2. The van der Waals surface area contributed by atoms with E-state index in [1.54, 1.807) is 0 Å². The number of hydrogen-bond donors (Lipinski definition) is 1. The Balaban J connectivity index is 3.20. The van der Waals surface area contributed by atoms with Gasteiger partial charge in [-0.05, 0) is 6.07 Å². The molecule has 0 aliphatic carbocycles. The van der Waals surface area contributed by atoms with Crippen LogP contribution in [0, 0.1) is 11.7 Å². The summed E-state index contributed by atoms with van der Waals surface area (Å²) >= 11 is 0. The fourth-order valence-corrected chi connectivity index (χ4v) is 1.43. The number of nitrogens with two attached hydrogens (primary N) is 1. The third kappa shape index (κ3) is 3.09. The largest absolute Gasteiger partial charge is 0.402 e. The van der Waals surface area contributed by atoms with Crippen molar-refractivity contribution in [1.82, 2.24) is 4.98 Å². The normalized spacial score (nSPS) is 14.9. The van der Waals surface area contributed by atoms with Gasteiger partial charge >= 0.3 is 12.4 Å². The lowest BCUT2D eigenvalue weighted by Gasteiger charge is -2.28. The van der Waals surface area contributed by atoms with Crippen LogP contribution in [0.2, 0.25) is 0 Å². The van der Waals surface area contributed by atoms with Gasteiger partial charge in [-0.25, -0.2) is 4.39 Å². The molecule has 2 nitrogen and oxygen atoms in total. The molecule has 0 radical (unpaired) electrons. The standard InChI is InChI=1S/C9H7F7N2/c10-5-3-18-2-1-4(5)6(17)7(8(11,12)13)9(14,15)16/h1-3,6-7H,17H2. The van der Waals surface area contributed by atoms with Crippen LogP contribution >= 0.6 is 0 Å². The third-order valence-electron chi connectivity index (χ3n) is 2.23. The zero-order valence-electron chi connectivity index (χ0n) is 8.56. The van der Waals surface area contributed by atoms with Crippen LogP contribution in [-0.4, -0.2) is 17.3 Å². The van der Waals surface area contributed by atoms with Crippen molar-refractivity contribution in [2.24, 2.45) is 11.7 Å². The average molecular weight is 276 g/mol. The van der Waals surface area contributed by atoms with Gasteiger partial charge in [-0.1, -0.05) is 0 Å². The molecule has 1 atom stereocenters. The smallest absolute Gasteiger partial charge is 0.323 e. The van der Waals surface area contributed by atoms with Gasteiger partial charge in [0.15, 0.2) is 5.92 Å². The molecule has 18 heavy (non-hydrogen) atoms. The van der Waals surface area contributed by atoms with Gasteiger partial charge in [0.1, 0.15) is 5.82 Å². The summed E-state index contributed by atoms with van der Waals surface area (Å²) in [6, 6.07) is -1.89. The highest BCUT2D eigenvalue weighted by Gasteiger charge is 2.60. The Morgan fingerprint density at radius 3 is 1.94 bits per heavy atom. The van der Waals surface area contributed by atoms with Crippen LogP contribution in [0.3, 0.4) is 0 Å². The molecular formula is C9H7F7N2. The van der Waals surface area contributed by atoms with Crippen molar-refractivity contribution in [3.05, 3.63) is 29.8 Å². The molecule has 1 rings (SSSR count). The first-order valence-corrected chi connectivity index (χ1v) is 4.53. The van der Waals surface area contributed by atoms with Crippen molar-refractivity contribution in [3.63, 3.8) is 0 Å². The lowest BCUT2D eigenvalue weighted by atomic mass is 9.93. The van der Waals surface area contributed by atoms with Crippen molar-refractivity contribution >= 4 is 0 Å². The summed E-state index contributed by atoms with van der Waals surface area (Å²) in [6.07, 6.45) is -9.87. The van der Waals surface area contributed by atoms with Gasteiger partial charge in [-0.2, -0.15) is 26.3 Å².